The lowest BCUT2D eigenvalue weighted by Gasteiger charge is -2.43. The molecule has 0 aliphatic heterocycles. The van der Waals surface area contributed by atoms with Crippen LogP contribution in [0, 0.1) is 23.7 Å². The van der Waals surface area contributed by atoms with Gasteiger partial charge in [0.15, 0.2) is 0 Å². The van der Waals surface area contributed by atoms with Crippen LogP contribution >= 0.6 is 0 Å². The molecule has 1 unspecified atom stereocenters. The molecule has 1 atom stereocenters. The lowest BCUT2D eigenvalue weighted by molar-refractivity contribution is -0.0634. The zero-order valence-electron chi connectivity index (χ0n) is 11.2. The highest BCUT2D eigenvalue weighted by molar-refractivity contribution is 5.31. The first-order valence-electron chi connectivity index (χ1n) is 6.73. The first kappa shape index (κ1) is 13.1. The molecule has 1 saturated carbocycles. The Kier molecular flexibility index (Phi) is 3.45. The van der Waals surface area contributed by atoms with Gasteiger partial charge in [-0.15, -0.1) is 0 Å². The minimum absolute atomic E-state index is 0.624. The van der Waals surface area contributed by atoms with Crippen LogP contribution in [0.4, 0.5) is 0 Å². The van der Waals surface area contributed by atoms with E-state index in [1.165, 1.54) is 12.0 Å². The Labute approximate surface area is 109 Å². The second-order valence-electron chi connectivity index (χ2n) is 5.69. The minimum Gasteiger partial charge on any atom is -0.384 e. The highest BCUT2D eigenvalue weighted by Crippen LogP contribution is 2.49. The van der Waals surface area contributed by atoms with Crippen LogP contribution in [0.15, 0.2) is 24.3 Å². The fourth-order valence-corrected chi connectivity index (χ4v) is 3.02. The van der Waals surface area contributed by atoms with Crippen LogP contribution in [0.2, 0.25) is 0 Å². The van der Waals surface area contributed by atoms with Gasteiger partial charge in [-0.05, 0) is 32.3 Å². The fourth-order valence-electron chi connectivity index (χ4n) is 3.02. The molecule has 1 aromatic rings. The molecule has 1 fully saturated rings. The van der Waals surface area contributed by atoms with E-state index in [1.807, 2.05) is 31.2 Å². The number of hydrogen-bond donors (Lipinski definition) is 1. The number of rotatable bonds is 2. The van der Waals surface area contributed by atoms with Gasteiger partial charge in [0.1, 0.15) is 5.60 Å². The average Bonchev–Trinajstić information content (AvgIpc) is 2.40. The van der Waals surface area contributed by atoms with Gasteiger partial charge < -0.3 is 5.11 Å². The third-order valence-electron chi connectivity index (χ3n) is 4.47. The average molecular weight is 243 g/mol. The van der Waals surface area contributed by atoms with Crippen LogP contribution in [0.1, 0.15) is 50.2 Å². The van der Waals surface area contributed by atoms with Crippen LogP contribution in [0.25, 0.3) is 0 Å². The summed E-state index contributed by atoms with van der Waals surface area (Å²) in [7, 11) is 0. The Morgan fingerprint density at radius 2 is 1.72 bits per heavy atom. The molecule has 18 heavy (non-hydrogen) atoms. The Morgan fingerprint density at radius 1 is 1.17 bits per heavy atom. The summed E-state index contributed by atoms with van der Waals surface area (Å²) >= 11 is 0. The van der Waals surface area contributed by atoms with E-state index in [9.17, 15) is 10.4 Å². The first-order chi connectivity index (χ1) is 8.52. The minimum atomic E-state index is -1.06. The molecule has 0 heterocycles. The molecule has 1 aromatic carbocycles. The van der Waals surface area contributed by atoms with E-state index in [4.69, 9.17) is 0 Å². The topological polar surface area (TPSA) is 44.0 Å². The smallest absolute Gasteiger partial charge is 0.105 e. The van der Waals surface area contributed by atoms with E-state index in [0.717, 1.165) is 31.2 Å². The van der Waals surface area contributed by atoms with E-state index < -0.39 is 11.0 Å². The fraction of sp³-hybridized carbons (Fsp3) is 0.562. The molecule has 1 aliphatic rings. The first-order valence-corrected chi connectivity index (χ1v) is 6.73. The number of nitrogens with zero attached hydrogens (tertiary/aromatic N) is 1. The second kappa shape index (κ2) is 4.74. The molecule has 0 radical (unpaired) electrons. The third kappa shape index (κ3) is 2.04. The van der Waals surface area contributed by atoms with E-state index in [2.05, 4.69) is 6.07 Å². The number of aliphatic hydroxyl groups is 1. The standard InChI is InChI=1S/C16H21NO/c1-13-6-8-14(9-7-13)15(2,18)16(12-17)10-4-3-5-11-16/h6-9,18H,3-5,10-11H2,1-2H3. The van der Waals surface area contributed by atoms with Crippen LogP contribution in [0.3, 0.4) is 0 Å². The molecule has 0 amide bonds. The quantitative estimate of drug-likeness (QED) is 0.861. The summed E-state index contributed by atoms with van der Waals surface area (Å²) in [6.07, 6.45) is 4.84. The molecule has 0 spiro atoms. The van der Waals surface area contributed by atoms with Gasteiger partial charge in [-0.25, -0.2) is 0 Å². The van der Waals surface area contributed by atoms with Gasteiger partial charge in [-0.3, -0.25) is 0 Å². The predicted molar refractivity (Wildman–Crippen MR) is 71.9 cm³/mol. The van der Waals surface area contributed by atoms with E-state index in [-0.39, 0.29) is 0 Å². The molecule has 96 valence electrons. The third-order valence-corrected chi connectivity index (χ3v) is 4.47. The lowest BCUT2D eigenvalue weighted by atomic mass is 9.62. The summed E-state index contributed by atoms with van der Waals surface area (Å²) in [6.45, 7) is 3.82. The van der Waals surface area contributed by atoms with Crippen molar-refractivity contribution in [2.75, 3.05) is 0 Å². The molecule has 0 saturated heterocycles. The summed E-state index contributed by atoms with van der Waals surface area (Å²) in [6, 6.07) is 10.3. The monoisotopic (exact) mass is 243 g/mol. The van der Waals surface area contributed by atoms with Crippen LogP contribution < -0.4 is 0 Å². The van der Waals surface area contributed by atoms with Crippen molar-refractivity contribution in [1.29, 1.82) is 5.26 Å². The van der Waals surface area contributed by atoms with Crippen LogP contribution in [0.5, 0.6) is 0 Å². The van der Waals surface area contributed by atoms with Crippen LogP contribution in [-0.4, -0.2) is 5.11 Å². The molecule has 2 heteroatoms. The molecule has 2 nitrogen and oxygen atoms in total. The molecule has 0 aromatic heterocycles. The maximum Gasteiger partial charge on any atom is 0.105 e. The maximum absolute atomic E-state index is 10.9. The number of hydrogen-bond acceptors (Lipinski definition) is 2. The molecular formula is C16H21NO. The normalized spacial score (nSPS) is 21.9. The van der Waals surface area contributed by atoms with E-state index in [1.54, 1.807) is 6.92 Å². The summed E-state index contributed by atoms with van der Waals surface area (Å²) < 4.78 is 0. The van der Waals surface area contributed by atoms with Gasteiger partial charge in [0.2, 0.25) is 0 Å². The highest BCUT2D eigenvalue weighted by Gasteiger charge is 2.49. The Hall–Kier alpha value is -1.33. The number of nitriles is 1. The van der Waals surface area contributed by atoms with E-state index in [0.29, 0.717) is 0 Å². The van der Waals surface area contributed by atoms with Crippen LogP contribution in [-0.2, 0) is 5.60 Å². The van der Waals surface area contributed by atoms with Gasteiger partial charge in [0.25, 0.3) is 0 Å². The summed E-state index contributed by atoms with van der Waals surface area (Å²) in [4.78, 5) is 0. The second-order valence-corrected chi connectivity index (χ2v) is 5.69. The van der Waals surface area contributed by atoms with Gasteiger partial charge >= 0.3 is 0 Å². The van der Waals surface area contributed by atoms with Crippen molar-refractivity contribution in [3.8, 4) is 6.07 Å². The zero-order valence-corrected chi connectivity index (χ0v) is 11.2. The largest absolute Gasteiger partial charge is 0.384 e. The Bertz CT molecular complexity index is 447. The van der Waals surface area contributed by atoms with Crippen molar-refractivity contribution < 1.29 is 5.11 Å². The van der Waals surface area contributed by atoms with Crippen molar-refractivity contribution >= 4 is 0 Å². The number of benzene rings is 1. The number of aryl methyl sites for hydroxylation is 1. The van der Waals surface area contributed by atoms with Gasteiger partial charge in [-0.2, -0.15) is 5.26 Å². The SMILES string of the molecule is Cc1ccc(C(C)(O)C2(C#N)CCCCC2)cc1. The molecule has 1 aliphatic carbocycles. The van der Waals surface area contributed by atoms with Crippen molar-refractivity contribution in [2.45, 2.75) is 51.6 Å². The Balaban J connectivity index is 2.39. The van der Waals surface area contributed by atoms with Gasteiger partial charge in [-0.1, -0.05) is 49.1 Å². The van der Waals surface area contributed by atoms with Gasteiger partial charge in [0, 0.05) is 0 Å². The maximum atomic E-state index is 10.9. The molecule has 1 N–H and O–H groups in total. The summed E-state index contributed by atoms with van der Waals surface area (Å²) in [5.41, 5.74) is 0.344. The van der Waals surface area contributed by atoms with Gasteiger partial charge in [0.05, 0.1) is 11.5 Å². The van der Waals surface area contributed by atoms with E-state index >= 15 is 0 Å². The summed E-state index contributed by atoms with van der Waals surface area (Å²) in [5, 5.41) is 20.5. The van der Waals surface area contributed by atoms with Crippen molar-refractivity contribution in [2.24, 2.45) is 5.41 Å². The van der Waals surface area contributed by atoms with Crippen molar-refractivity contribution in [1.82, 2.24) is 0 Å². The van der Waals surface area contributed by atoms with Crippen molar-refractivity contribution in [3.05, 3.63) is 35.4 Å². The molecular weight excluding hydrogens is 222 g/mol. The lowest BCUT2D eigenvalue weighted by Crippen LogP contribution is -2.44. The molecule has 0 bridgehead atoms. The summed E-state index contributed by atoms with van der Waals surface area (Å²) in [5.74, 6) is 0. The molecule has 2 rings (SSSR count). The highest BCUT2D eigenvalue weighted by atomic mass is 16.3. The zero-order chi connectivity index (χ0) is 13.2. The van der Waals surface area contributed by atoms with Crippen molar-refractivity contribution in [3.63, 3.8) is 0 Å². The Morgan fingerprint density at radius 3 is 2.22 bits per heavy atom. The predicted octanol–water partition coefficient (Wildman–Crippen LogP) is 3.68.